The average Bonchev–Trinajstić information content (AvgIpc) is 2.47. The third-order valence-electron chi connectivity index (χ3n) is 4.85. The molecule has 2 heteroatoms. The molecule has 1 aliphatic heterocycles. The first-order chi connectivity index (χ1) is 9.60. The second kappa shape index (κ2) is 7.12. The highest BCUT2D eigenvalue weighted by Gasteiger charge is 2.22. The molecule has 1 aliphatic rings. The summed E-state index contributed by atoms with van der Waals surface area (Å²) in [5.41, 5.74) is 2.71. The zero-order valence-electron chi connectivity index (χ0n) is 13.5. The molecule has 112 valence electrons. The first-order valence-corrected chi connectivity index (χ1v) is 8.15. The molecule has 1 saturated heterocycles. The fraction of sp³-hybridized carbons (Fsp3) is 0.667. The van der Waals surface area contributed by atoms with Gasteiger partial charge in [-0.1, -0.05) is 26.0 Å². The van der Waals surface area contributed by atoms with E-state index in [0.29, 0.717) is 12.0 Å². The van der Waals surface area contributed by atoms with E-state index in [1.54, 1.807) is 0 Å². The SMILES string of the molecule is CCC(C)c1ccc(NC(C)C2CCCN(C)C2)cc1. The second-order valence-electron chi connectivity index (χ2n) is 6.53. The van der Waals surface area contributed by atoms with Crippen molar-refractivity contribution in [3.8, 4) is 0 Å². The molecule has 0 aliphatic carbocycles. The molecule has 0 bridgehead atoms. The van der Waals surface area contributed by atoms with E-state index in [1.165, 1.54) is 43.6 Å². The standard InChI is InChI=1S/C18H30N2/c1-5-14(2)16-8-10-18(11-9-16)19-15(3)17-7-6-12-20(4)13-17/h8-11,14-15,17,19H,5-7,12-13H2,1-4H3. The van der Waals surface area contributed by atoms with E-state index in [2.05, 4.69) is 62.3 Å². The molecule has 1 fully saturated rings. The van der Waals surface area contributed by atoms with E-state index in [0.717, 1.165) is 5.92 Å². The summed E-state index contributed by atoms with van der Waals surface area (Å²) >= 11 is 0. The van der Waals surface area contributed by atoms with Crippen molar-refractivity contribution in [1.82, 2.24) is 4.90 Å². The molecule has 2 nitrogen and oxygen atoms in total. The Labute approximate surface area is 124 Å². The van der Waals surface area contributed by atoms with Crippen LogP contribution < -0.4 is 5.32 Å². The van der Waals surface area contributed by atoms with E-state index < -0.39 is 0 Å². The van der Waals surface area contributed by atoms with Crippen molar-refractivity contribution in [3.63, 3.8) is 0 Å². The maximum absolute atomic E-state index is 3.69. The molecule has 1 heterocycles. The molecule has 0 radical (unpaired) electrons. The van der Waals surface area contributed by atoms with Gasteiger partial charge in [0.2, 0.25) is 0 Å². The Bertz CT molecular complexity index is 398. The lowest BCUT2D eigenvalue weighted by atomic mass is 9.91. The summed E-state index contributed by atoms with van der Waals surface area (Å²) in [4.78, 5) is 2.46. The van der Waals surface area contributed by atoms with Crippen LogP contribution >= 0.6 is 0 Å². The molecule has 2 rings (SSSR count). The molecule has 1 N–H and O–H groups in total. The molecule has 1 aromatic rings. The number of likely N-dealkylation sites (tertiary alicyclic amines) is 1. The third kappa shape index (κ3) is 3.99. The lowest BCUT2D eigenvalue weighted by Crippen LogP contribution is -2.39. The molecule has 0 saturated carbocycles. The van der Waals surface area contributed by atoms with Gasteiger partial charge in [0.15, 0.2) is 0 Å². The van der Waals surface area contributed by atoms with Crippen LogP contribution in [0.3, 0.4) is 0 Å². The highest BCUT2D eigenvalue weighted by Crippen LogP contribution is 2.24. The first-order valence-electron chi connectivity index (χ1n) is 8.15. The second-order valence-corrected chi connectivity index (χ2v) is 6.53. The van der Waals surface area contributed by atoms with Gasteiger partial charge in [-0.05, 0) is 69.3 Å². The number of nitrogens with one attached hydrogen (secondary N) is 1. The lowest BCUT2D eigenvalue weighted by Gasteiger charge is -2.34. The Balaban J connectivity index is 1.92. The maximum Gasteiger partial charge on any atom is 0.0342 e. The molecule has 3 unspecified atom stereocenters. The van der Waals surface area contributed by atoms with Crippen molar-refractivity contribution in [2.45, 2.75) is 52.0 Å². The monoisotopic (exact) mass is 274 g/mol. The van der Waals surface area contributed by atoms with Crippen molar-refractivity contribution >= 4 is 5.69 Å². The molecule has 1 aromatic carbocycles. The Morgan fingerprint density at radius 2 is 1.95 bits per heavy atom. The number of hydrogen-bond donors (Lipinski definition) is 1. The maximum atomic E-state index is 3.69. The summed E-state index contributed by atoms with van der Waals surface area (Å²) in [6.07, 6.45) is 3.89. The summed E-state index contributed by atoms with van der Waals surface area (Å²) in [5.74, 6) is 1.43. The van der Waals surface area contributed by atoms with E-state index in [-0.39, 0.29) is 0 Å². The summed E-state index contributed by atoms with van der Waals surface area (Å²) in [6.45, 7) is 9.35. The van der Waals surface area contributed by atoms with Gasteiger partial charge in [-0.2, -0.15) is 0 Å². The lowest BCUT2D eigenvalue weighted by molar-refractivity contribution is 0.197. The van der Waals surface area contributed by atoms with E-state index in [1.807, 2.05) is 0 Å². The fourth-order valence-electron chi connectivity index (χ4n) is 3.14. The zero-order valence-corrected chi connectivity index (χ0v) is 13.5. The van der Waals surface area contributed by atoms with Gasteiger partial charge in [0.25, 0.3) is 0 Å². The normalized spacial score (nSPS) is 23.3. The molecule has 0 spiro atoms. The predicted octanol–water partition coefficient (Wildman–Crippen LogP) is 4.34. The van der Waals surface area contributed by atoms with Crippen molar-refractivity contribution in [2.75, 3.05) is 25.5 Å². The third-order valence-corrected chi connectivity index (χ3v) is 4.85. The quantitative estimate of drug-likeness (QED) is 0.859. The van der Waals surface area contributed by atoms with Crippen LogP contribution in [0.15, 0.2) is 24.3 Å². The largest absolute Gasteiger partial charge is 0.382 e. The minimum absolute atomic E-state index is 0.548. The number of anilines is 1. The summed E-state index contributed by atoms with van der Waals surface area (Å²) in [5, 5.41) is 3.69. The molecular formula is C18H30N2. The summed E-state index contributed by atoms with van der Waals surface area (Å²) < 4.78 is 0. The average molecular weight is 274 g/mol. The van der Waals surface area contributed by atoms with Crippen molar-refractivity contribution in [2.24, 2.45) is 5.92 Å². The minimum atomic E-state index is 0.548. The van der Waals surface area contributed by atoms with E-state index in [9.17, 15) is 0 Å². The number of piperidine rings is 1. The van der Waals surface area contributed by atoms with Gasteiger partial charge in [0, 0.05) is 18.3 Å². The smallest absolute Gasteiger partial charge is 0.0342 e. The Morgan fingerprint density at radius 3 is 2.55 bits per heavy atom. The van der Waals surface area contributed by atoms with Gasteiger partial charge >= 0.3 is 0 Å². The molecular weight excluding hydrogens is 244 g/mol. The van der Waals surface area contributed by atoms with Gasteiger partial charge in [0.1, 0.15) is 0 Å². The van der Waals surface area contributed by atoms with Gasteiger partial charge in [-0.15, -0.1) is 0 Å². The Kier molecular flexibility index (Phi) is 5.47. The van der Waals surface area contributed by atoms with Crippen LogP contribution in [-0.2, 0) is 0 Å². The van der Waals surface area contributed by atoms with Crippen molar-refractivity contribution < 1.29 is 0 Å². The molecule has 20 heavy (non-hydrogen) atoms. The summed E-state index contributed by atoms with van der Waals surface area (Å²) in [6, 6.07) is 9.58. The Morgan fingerprint density at radius 1 is 1.25 bits per heavy atom. The topological polar surface area (TPSA) is 15.3 Å². The molecule has 0 aromatic heterocycles. The van der Waals surface area contributed by atoms with E-state index >= 15 is 0 Å². The van der Waals surface area contributed by atoms with E-state index in [4.69, 9.17) is 0 Å². The number of hydrogen-bond acceptors (Lipinski definition) is 2. The van der Waals surface area contributed by atoms with Crippen LogP contribution in [0, 0.1) is 5.92 Å². The van der Waals surface area contributed by atoms with Gasteiger partial charge in [0.05, 0.1) is 0 Å². The molecule has 3 atom stereocenters. The van der Waals surface area contributed by atoms with Crippen molar-refractivity contribution in [1.29, 1.82) is 0 Å². The van der Waals surface area contributed by atoms with Gasteiger partial charge in [-0.25, -0.2) is 0 Å². The Hall–Kier alpha value is -1.02. The van der Waals surface area contributed by atoms with Crippen LogP contribution in [0.1, 0.15) is 51.5 Å². The minimum Gasteiger partial charge on any atom is -0.382 e. The van der Waals surface area contributed by atoms with Crippen LogP contribution in [0.2, 0.25) is 0 Å². The molecule has 0 amide bonds. The highest BCUT2D eigenvalue weighted by molar-refractivity contribution is 5.46. The number of rotatable bonds is 5. The summed E-state index contributed by atoms with van der Waals surface area (Å²) in [7, 11) is 2.24. The van der Waals surface area contributed by atoms with Crippen LogP contribution in [-0.4, -0.2) is 31.1 Å². The van der Waals surface area contributed by atoms with Crippen LogP contribution in [0.25, 0.3) is 0 Å². The van der Waals surface area contributed by atoms with Crippen LogP contribution in [0.4, 0.5) is 5.69 Å². The highest BCUT2D eigenvalue weighted by atomic mass is 15.1. The number of benzene rings is 1. The fourth-order valence-corrected chi connectivity index (χ4v) is 3.14. The van der Waals surface area contributed by atoms with Gasteiger partial charge < -0.3 is 10.2 Å². The van der Waals surface area contributed by atoms with Gasteiger partial charge in [-0.3, -0.25) is 0 Å². The van der Waals surface area contributed by atoms with Crippen molar-refractivity contribution in [3.05, 3.63) is 29.8 Å². The first kappa shape index (κ1) is 15.4. The zero-order chi connectivity index (χ0) is 14.5. The number of nitrogens with zero attached hydrogens (tertiary/aromatic N) is 1. The predicted molar refractivity (Wildman–Crippen MR) is 88.5 cm³/mol. The van der Waals surface area contributed by atoms with Crippen LogP contribution in [0.5, 0.6) is 0 Å².